The molecule has 0 aromatic rings. The van der Waals surface area contributed by atoms with Gasteiger partial charge in [0.15, 0.2) is 0 Å². The summed E-state index contributed by atoms with van der Waals surface area (Å²) in [5.74, 6) is 0.131. The van der Waals surface area contributed by atoms with Crippen molar-refractivity contribution in [2.45, 2.75) is 18.9 Å². The molecular formula is C10H18N2O2. The minimum Gasteiger partial charge on any atom is -0.380 e. The molecule has 0 aromatic heterocycles. The minimum absolute atomic E-state index is 0.131. The molecule has 0 saturated carbocycles. The lowest BCUT2D eigenvalue weighted by atomic mass is 10.2. The SMILES string of the molecule is COC(CN)CC(=O)N1CC=CCC1. The molecular weight excluding hydrogens is 180 g/mol. The molecule has 4 nitrogen and oxygen atoms in total. The predicted octanol–water partition coefficient (Wildman–Crippen LogP) is 0.139. The standard InChI is InChI=1S/C10H18N2O2/c1-14-9(8-11)7-10(13)12-5-3-2-4-6-12/h2-3,9H,4-8,11H2,1H3. The lowest BCUT2D eigenvalue weighted by Gasteiger charge is -2.25. The number of methoxy groups -OCH3 is 1. The predicted molar refractivity (Wildman–Crippen MR) is 54.8 cm³/mol. The van der Waals surface area contributed by atoms with Gasteiger partial charge in [-0.1, -0.05) is 12.2 Å². The van der Waals surface area contributed by atoms with E-state index in [9.17, 15) is 4.79 Å². The van der Waals surface area contributed by atoms with Gasteiger partial charge in [-0.15, -0.1) is 0 Å². The smallest absolute Gasteiger partial charge is 0.225 e. The second kappa shape index (κ2) is 5.78. The minimum atomic E-state index is -0.145. The van der Waals surface area contributed by atoms with Crippen LogP contribution in [0.25, 0.3) is 0 Å². The maximum Gasteiger partial charge on any atom is 0.225 e. The molecule has 14 heavy (non-hydrogen) atoms. The van der Waals surface area contributed by atoms with Crippen LogP contribution in [0, 0.1) is 0 Å². The van der Waals surface area contributed by atoms with Crippen LogP contribution in [-0.2, 0) is 9.53 Å². The second-order valence-electron chi connectivity index (χ2n) is 3.40. The van der Waals surface area contributed by atoms with Crippen LogP contribution in [0.4, 0.5) is 0 Å². The third kappa shape index (κ3) is 3.12. The van der Waals surface area contributed by atoms with E-state index in [1.807, 2.05) is 11.0 Å². The molecule has 1 unspecified atom stereocenters. The molecule has 0 aliphatic carbocycles. The Labute approximate surface area is 84.7 Å². The number of rotatable bonds is 4. The largest absolute Gasteiger partial charge is 0.380 e. The Hall–Kier alpha value is -0.870. The van der Waals surface area contributed by atoms with E-state index in [2.05, 4.69) is 6.08 Å². The molecule has 4 heteroatoms. The number of carbonyl (C=O) groups is 1. The molecule has 0 radical (unpaired) electrons. The average molecular weight is 198 g/mol. The highest BCUT2D eigenvalue weighted by Gasteiger charge is 2.17. The normalized spacial score (nSPS) is 18.3. The van der Waals surface area contributed by atoms with Gasteiger partial charge in [0.1, 0.15) is 0 Å². The van der Waals surface area contributed by atoms with Crippen molar-refractivity contribution in [2.75, 3.05) is 26.7 Å². The van der Waals surface area contributed by atoms with Crippen molar-refractivity contribution in [1.82, 2.24) is 4.90 Å². The summed E-state index contributed by atoms with van der Waals surface area (Å²) >= 11 is 0. The van der Waals surface area contributed by atoms with E-state index in [0.29, 0.717) is 13.0 Å². The quantitative estimate of drug-likeness (QED) is 0.654. The molecule has 1 rings (SSSR count). The highest BCUT2D eigenvalue weighted by atomic mass is 16.5. The van der Waals surface area contributed by atoms with Crippen LogP contribution in [0.2, 0.25) is 0 Å². The molecule has 0 saturated heterocycles. The van der Waals surface area contributed by atoms with Crippen LogP contribution < -0.4 is 5.73 Å². The Morgan fingerprint density at radius 3 is 2.93 bits per heavy atom. The summed E-state index contributed by atoms with van der Waals surface area (Å²) in [5.41, 5.74) is 5.45. The van der Waals surface area contributed by atoms with Crippen molar-refractivity contribution >= 4 is 5.91 Å². The van der Waals surface area contributed by atoms with Crippen LogP contribution in [0.15, 0.2) is 12.2 Å². The third-order valence-electron chi connectivity index (χ3n) is 2.41. The van der Waals surface area contributed by atoms with Gasteiger partial charge in [0.05, 0.1) is 12.5 Å². The third-order valence-corrected chi connectivity index (χ3v) is 2.41. The highest BCUT2D eigenvalue weighted by molar-refractivity contribution is 5.77. The number of hydrogen-bond donors (Lipinski definition) is 1. The Kier molecular flexibility index (Phi) is 4.62. The molecule has 1 atom stereocenters. The van der Waals surface area contributed by atoms with E-state index in [1.165, 1.54) is 0 Å². The van der Waals surface area contributed by atoms with Crippen molar-refractivity contribution in [3.8, 4) is 0 Å². The van der Waals surface area contributed by atoms with Crippen molar-refractivity contribution in [3.63, 3.8) is 0 Å². The number of nitrogens with zero attached hydrogens (tertiary/aromatic N) is 1. The average Bonchev–Trinajstić information content (AvgIpc) is 2.26. The maximum absolute atomic E-state index is 11.7. The van der Waals surface area contributed by atoms with Gasteiger partial charge >= 0.3 is 0 Å². The van der Waals surface area contributed by atoms with Crippen LogP contribution in [0.3, 0.4) is 0 Å². The van der Waals surface area contributed by atoms with Crippen LogP contribution in [0.1, 0.15) is 12.8 Å². The molecule has 0 aromatic carbocycles. The fourth-order valence-corrected chi connectivity index (χ4v) is 1.45. The first-order valence-electron chi connectivity index (χ1n) is 4.93. The summed E-state index contributed by atoms with van der Waals surface area (Å²) in [6, 6.07) is 0. The monoisotopic (exact) mass is 198 g/mol. The Balaban J connectivity index is 2.36. The lowest BCUT2D eigenvalue weighted by Crippen LogP contribution is -2.37. The van der Waals surface area contributed by atoms with E-state index < -0.39 is 0 Å². The van der Waals surface area contributed by atoms with Crippen molar-refractivity contribution < 1.29 is 9.53 Å². The molecule has 0 bridgehead atoms. The number of hydrogen-bond acceptors (Lipinski definition) is 3. The van der Waals surface area contributed by atoms with Gasteiger partial charge in [-0.2, -0.15) is 0 Å². The van der Waals surface area contributed by atoms with Gasteiger partial charge in [-0.05, 0) is 6.42 Å². The Bertz CT molecular complexity index is 212. The first-order valence-corrected chi connectivity index (χ1v) is 4.93. The summed E-state index contributed by atoms with van der Waals surface area (Å²) in [4.78, 5) is 13.5. The molecule has 2 N–H and O–H groups in total. The first-order chi connectivity index (χ1) is 6.77. The van der Waals surface area contributed by atoms with Crippen molar-refractivity contribution in [2.24, 2.45) is 5.73 Å². The lowest BCUT2D eigenvalue weighted by molar-refractivity contribution is -0.133. The van der Waals surface area contributed by atoms with Crippen molar-refractivity contribution in [1.29, 1.82) is 0 Å². The summed E-state index contributed by atoms with van der Waals surface area (Å²) in [6.07, 6.45) is 5.31. The van der Waals surface area contributed by atoms with Crippen LogP contribution >= 0.6 is 0 Å². The molecule has 1 amide bonds. The molecule has 0 spiro atoms. The summed E-state index contributed by atoms with van der Waals surface area (Å²) < 4.78 is 5.07. The maximum atomic E-state index is 11.7. The van der Waals surface area contributed by atoms with E-state index in [-0.39, 0.29) is 12.0 Å². The van der Waals surface area contributed by atoms with Crippen LogP contribution in [-0.4, -0.2) is 43.7 Å². The van der Waals surface area contributed by atoms with Gasteiger partial charge < -0.3 is 15.4 Å². The van der Waals surface area contributed by atoms with E-state index in [1.54, 1.807) is 7.11 Å². The topological polar surface area (TPSA) is 55.6 Å². The Morgan fingerprint density at radius 2 is 2.43 bits per heavy atom. The fraction of sp³-hybridized carbons (Fsp3) is 0.700. The van der Waals surface area contributed by atoms with Gasteiger partial charge in [0.25, 0.3) is 0 Å². The van der Waals surface area contributed by atoms with Gasteiger partial charge in [0, 0.05) is 26.7 Å². The van der Waals surface area contributed by atoms with Crippen LogP contribution in [0.5, 0.6) is 0 Å². The Morgan fingerprint density at radius 1 is 1.64 bits per heavy atom. The number of nitrogens with two attached hydrogens (primary N) is 1. The van der Waals surface area contributed by atoms with Gasteiger partial charge in [0.2, 0.25) is 5.91 Å². The van der Waals surface area contributed by atoms with Gasteiger partial charge in [-0.3, -0.25) is 4.79 Å². The fourth-order valence-electron chi connectivity index (χ4n) is 1.45. The number of amides is 1. The van der Waals surface area contributed by atoms with Gasteiger partial charge in [-0.25, -0.2) is 0 Å². The summed E-state index contributed by atoms with van der Waals surface area (Å²) in [5, 5.41) is 0. The second-order valence-corrected chi connectivity index (χ2v) is 3.40. The molecule has 80 valence electrons. The zero-order chi connectivity index (χ0) is 10.4. The molecule has 1 aliphatic rings. The van der Waals surface area contributed by atoms with E-state index in [0.717, 1.165) is 19.5 Å². The van der Waals surface area contributed by atoms with E-state index in [4.69, 9.17) is 10.5 Å². The first kappa shape index (κ1) is 11.2. The van der Waals surface area contributed by atoms with Crippen molar-refractivity contribution in [3.05, 3.63) is 12.2 Å². The number of carbonyl (C=O) groups excluding carboxylic acids is 1. The summed E-state index contributed by atoms with van der Waals surface area (Å²) in [7, 11) is 1.58. The summed E-state index contributed by atoms with van der Waals surface area (Å²) in [6.45, 7) is 1.93. The molecule has 1 aliphatic heterocycles. The number of ether oxygens (including phenoxy) is 1. The molecule has 0 fully saturated rings. The zero-order valence-electron chi connectivity index (χ0n) is 8.61. The molecule has 1 heterocycles. The zero-order valence-corrected chi connectivity index (χ0v) is 8.61. The van der Waals surface area contributed by atoms with E-state index >= 15 is 0 Å². The highest BCUT2D eigenvalue weighted by Crippen LogP contribution is 2.06.